The molecule has 0 spiro atoms. The first-order valence-electron chi connectivity index (χ1n) is 25.1. The monoisotopic (exact) mass is 1030 g/mol. The Morgan fingerprint density at radius 2 is 0.567 bits per heavy atom. The summed E-state index contributed by atoms with van der Waals surface area (Å²) in [6.45, 7) is 0. The molecule has 2 fully saturated rings. The molecule has 2 aliphatic carbocycles. The second-order valence-electron chi connectivity index (χ2n) is 19.0. The van der Waals surface area contributed by atoms with Crippen molar-refractivity contribution in [3.05, 3.63) is 240 Å². The first-order chi connectivity index (χ1) is 32.6. The van der Waals surface area contributed by atoms with Crippen molar-refractivity contribution < 1.29 is 19.5 Å². The molecular formula is C62H77NP3Ru+3. The standard InChI is InChI=1S/2C21H21P.C20H32NP.Ru/c2*1-4-10-19(11-5-1)16-22(17-20-12-6-2-7-13-20)18-21-14-8-3-9-15-21;1-21(2)17-13-15-20(16-14-17)22(18-9-5-3-6-10-18)19-11-7-4-8-12-19;/h2*1-15H,16-18H2;13-16,18-19H,3-12H2,1-2H3;/p+3. The molecule has 0 radical (unpaired) electrons. The molecule has 0 bridgehead atoms. The van der Waals surface area contributed by atoms with Gasteiger partial charge in [-0.15, -0.1) is 0 Å². The molecule has 2 saturated carbocycles. The summed E-state index contributed by atoms with van der Waals surface area (Å²) in [6, 6.07) is 75.3. The summed E-state index contributed by atoms with van der Waals surface area (Å²) in [5, 5.41) is 1.73. The van der Waals surface area contributed by atoms with Crippen LogP contribution in [-0.4, -0.2) is 25.4 Å². The van der Waals surface area contributed by atoms with E-state index >= 15 is 0 Å². The Labute approximate surface area is 422 Å². The first-order valence-corrected chi connectivity index (χ1v) is 31.0. The Balaban J connectivity index is 0.000000165. The molecule has 7 aromatic rings. The molecule has 1 nitrogen and oxygen atoms in total. The van der Waals surface area contributed by atoms with Crippen LogP contribution in [0.15, 0.2) is 206 Å². The van der Waals surface area contributed by atoms with Gasteiger partial charge in [-0.1, -0.05) is 195 Å². The van der Waals surface area contributed by atoms with Gasteiger partial charge in [0.1, 0.15) is 0 Å². The van der Waals surface area contributed by atoms with E-state index in [2.05, 4.69) is 225 Å². The molecule has 9 rings (SSSR count). The van der Waals surface area contributed by atoms with E-state index in [0.717, 1.165) is 11.3 Å². The summed E-state index contributed by atoms with van der Waals surface area (Å²) in [5.41, 5.74) is 12.3. The van der Waals surface area contributed by atoms with Crippen LogP contribution in [0.4, 0.5) is 5.69 Å². The van der Waals surface area contributed by atoms with Crippen molar-refractivity contribution in [2.75, 3.05) is 19.0 Å². The van der Waals surface area contributed by atoms with Gasteiger partial charge < -0.3 is 4.90 Å². The van der Waals surface area contributed by atoms with Crippen LogP contribution in [0.5, 0.6) is 0 Å². The Kier molecular flexibility index (Phi) is 23.6. The zero-order chi connectivity index (χ0) is 45.4. The minimum Gasteiger partial charge on any atom is -0.378 e. The van der Waals surface area contributed by atoms with E-state index in [4.69, 9.17) is 0 Å². The molecule has 0 unspecified atom stereocenters. The topological polar surface area (TPSA) is 3.24 Å². The van der Waals surface area contributed by atoms with Gasteiger partial charge in [0.2, 0.25) is 0 Å². The van der Waals surface area contributed by atoms with E-state index in [9.17, 15) is 0 Å². The maximum absolute atomic E-state index is 2.48. The minimum absolute atomic E-state index is 0. The molecule has 0 saturated heterocycles. The summed E-state index contributed by atoms with van der Waals surface area (Å²) < 4.78 is 0. The number of anilines is 1. The fourth-order valence-electron chi connectivity index (χ4n) is 10.3. The van der Waals surface area contributed by atoms with Gasteiger partial charge in [-0.05, 0) is 109 Å². The Morgan fingerprint density at radius 3 is 0.791 bits per heavy atom. The van der Waals surface area contributed by atoms with Crippen molar-refractivity contribution in [3.63, 3.8) is 0 Å². The van der Waals surface area contributed by atoms with E-state index in [1.165, 1.54) is 140 Å². The van der Waals surface area contributed by atoms with Gasteiger partial charge in [-0.25, -0.2) is 0 Å². The van der Waals surface area contributed by atoms with Crippen LogP contribution in [0.3, 0.4) is 0 Å². The van der Waals surface area contributed by atoms with Crippen molar-refractivity contribution in [1.29, 1.82) is 0 Å². The number of benzene rings is 7. The number of nitrogens with zero attached hydrogens (tertiary/aromatic N) is 1. The van der Waals surface area contributed by atoms with Crippen molar-refractivity contribution >= 4 is 34.8 Å². The largest absolute Gasteiger partial charge is 0.378 e. The Hall–Kier alpha value is -3.75. The Morgan fingerprint density at radius 1 is 0.328 bits per heavy atom. The summed E-state index contributed by atoms with van der Waals surface area (Å²) >= 11 is 0. The van der Waals surface area contributed by atoms with Gasteiger partial charge in [0.25, 0.3) is 0 Å². The number of rotatable bonds is 16. The van der Waals surface area contributed by atoms with Crippen LogP contribution < -0.4 is 10.2 Å². The van der Waals surface area contributed by atoms with Crippen molar-refractivity contribution in [2.45, 2.75) is 112 Å². The van der Waals surface area contributed by atoms with Crippen LogP contribution >= 0.6 is 23.8 Å². The molecule has 0 aromatic heterocycles. The molecule has 0 N–H and O–H groups in total. The fourth-order valence-corrected chi connectivity index (χ4v) is 20.1. The van der Waals surface area contributed by atoms with Crippen LogP contribution in [0.1, 0.15) is 97.6 Å². The molecule has 67 heavy (non-hydrogen) atoms. The van der Waals surface area contributed by atoms with Gasteiger partial charge in [0.15, 0.2) is 0 Å². The van der Waals surface area contributed by atoms with Crippen molar-refractivity contribution in [1.82, 2.24) is 0 Å². The van der Waals surface area contributed by atoms with Crippen LogP contribution in [-0.2, 0) is 56.4 Å². The summed E-state index contributed by atoms with van der Waals surface area (Å²) in [5.74, 6) is 0. The maximum Gasteiger partial charge on any atom is 0.0922 e. The van der Waals surface area contributed by atoms with E-state index < -0.39 is 15.8 Å². The summed E-state index contributed by atoms with van der Waals surface area (Å²) in [7, 11) is 2.90. The van der Waals surface area contributed by atoms with Gasteiger partial charge in [-0.2, -0.15) is 0 Å². The average Bonchev–Trinajstić information content (AvgIpc) is 3.37. The first kappa shape index (κ1) is 52.6. The molecule has 5 heteroatoms. The van der Waals surface area contributed by atoms with Crippen molar-refractivity contribution in [2.24, 2.45) is 0 Å². The van der Waals surface area contributed by atoms with Crippen LogP contribution in [0.2, 0.25) is 0 Å². The predicted molar refractivity (Wildman–Crippen MR) is 300 cm³/mol. The molecule has 2 aliphatic rings. The third-order valence-electron chi connectivity index (χ3n) is 13.6. The normalized spacial score (nSPS) is 14.0. The second kappa shape index (κ2) is 30.0. The summed E-state index contributed by atoms with van der Waals surface area (Å²) in [4.78, 5) is 2.22. The van der Waals surface area contributed by atoms with E-state index in [1.807, 2.05) is 0 Å². The SMILES string of the molecule is CN(C)c1ccc([PH+](C2CCCCC2)C2CCCCC2)cc1.[Ru].c1ccc(C[PH+](Cc2ccccc2)Cc2ccccc2)cc1.c1ccc(C[PH+](Cc2ccccc2)Cc2ccccc2)cc1. The zero-order valence-corrected chi connectivity index (χ0v) is 45.1. The third kappa shape index (κ3) is 18.6. The molecular weight excluding hydrogens is 953 g/mol. The molecule has 350 valence electrons. The van der Waals surface area contributed by atoms with Crippen LogP contribution in [0, 0.1) is 0 Å². The molecule has 7 aromatic carbocycles. The third-order valence-corrected chi connectivity index (χ3v) is 23.0. The van der Waals surface area contributed by atoms with Gasteiger partial charge in [0.05, 0.1) is 53.6 Å². The van der Waals surface area contributed by atoms with Gasteiger partial charge in [-0.3, -0.25) is 0 Å². The number of hydrogen-bond donors (Lipinski definition) is 0. The van der Waals surface area contributed by atoms with Crippen molar-refractivity contribution in [3.8, 4) is 0 Å². The zero-order valence-electron chi connectivity index (χ0n) is 40.4. The average molecular weight is 1030 g/mol. The molecule has 0 atom stereocenters. The fraction of sp³-hybridized carbons (Fsp3) is 0.323. The molecule has 0 heterocycles. The quantitative estimate of drug-likeness (QED) is 0.0689. The number of hydrogen-bond acceptors (Lipinski definition) is 1. The maximum atomic E-state index is 2.48. The predicted octanol–water partition coefficient (Wildman–Crippen LogP) is 16.9. The second-order valence-corrected chi connectivity index (χ2v) is 27.3. The van der Waals surface area contributed by atoms with E-state index in [-0.39, 0.29) is 27.4 Å². The Bertz CT molecular complexity index is 1960. The minimum atomic E-state index is -0.502. The van der Waals surface area contributed by atoms with Crippen LogP contribution in [0.25, 0.3) is 0 Å². The van der Waals surface area contributed by atoms with E-state index in [1.54, 1.807) is 5.30 Å². The van der Waals surface area contributed by atoms with Gasteiger partial charge >= 0.3 is 0 Å². The smallest absolute Gasteiger partial charge is 0.0922 e. The van der Waals surface area contributed by atoms with Gasteiger partial charge in [0, 0.05) is 63.0 Å². The molecule has 0 aliphatic heterocycles. The van der Waals surface area contributed by atoms with E-state index in [0.29, 0.717) is 0 Å². The summed E-state index contributed by atoms with van der Waals surface area (Å²) in [6.07, 6.45) is 22.4. The molecule has 0 amide bonds.